The number of aromatic nitrogens is 1. The number of hydrazine groups is 1. The van der Waals surface area contributed by atoms with Crippen molar-refractivity contribution in [3.8, 4) is 0 Å². The van der Waals surface area contributed by atoms with E-state index in [0.29, 0.717) is 6.54 Å². The van der Waals surface area contributed by atoms with Crippen molar-refractivity contribution in [1.82, 2.24) is 20.1 Å². The number of benzene rings is 1. The van der Waals surface area contributed by atoms with Crippen LogP contribution in [0.25, 0.3) is 0 Å². The lowest BCUT2D eigenvalue weighted by Crippen LogP contribution is -2.50. The van der Waals surface area contributed by atoms with Crippen molar-refractivity contribution in [2.45, 2.75) is 43.6 Å². The Morgan fingerprint density at radius 3 is 2.38 bits per heavy atom. The van der Waals surface area contributed by atoms with Crippen molar-refractivity contribution in [2.24, 2.45) is 0 Å². The first-order chi connectivity index (χ1) is 12.5. The van der Waals surface area contributed by atoms with Gasteiger partial charge in [-0.15, -0.1) is 0 Å². The zero-order valence-corrected chi connectivity index (χ0v) is 15.8. The van der Waals surface area contributed by atoms with E-state index in [1.807, 2.05) is 44.2 Å². The molecule has 0 radical (unpaired) electrons. The molecule has 3 atom stereocenters. The third-order valence-electron chi connectivity index (χ3n) is 5.46. The molecule has 0 aliphatic carbocycles. The number of fused-ring (bicyclic) bond motifs is 1. The lowest BCUT2D eigenvalue weighted by atomic mass is 9.90. The minimum absolute atomic E-state index is 0.148. The molecule has 3 heterocycles. The van der Waals surface area contributed by atoms with E-state index in [1.54, 1.807) is 16.7 Å². The van der Waals surface area contributed by atoms with Crippen molar-refractivity contribution in [3.05, 3.63) is 65.5 Å². The number of pyridine rings is 1. The summed E-state index contributed by atoms with van der Waals surface area (Å²) in [6, 6.07) is 11.3. The second-order valence-electron chi connectivity index (χ2n) is 7.12. The van der Waals surface area contributed by atoms with Gasteiger partial charge >= 0.3 is 0 Å². The van der Waals surface area contributed by atoms with Crippen molar-refractivity contribution in [1.29, 1.82) is 0 Å². The van der Waals surface area contributed by atoms with Crippen molar-refractivity contribution >= 4 is 10.0 Å². The largest absolute Gasteiger partial charge is 0.265 e. The summed E-state index contributed by atoms with van der Waals surface area (Å²) in [5.74, 6) is 0. The summed E-state index contributed by atoms with van der Waals surface area (Å²) < 4.78 is 29.0. The highest BCUT2D eigenvalue weighted by Gasteiger charge is 2.47. The fourth-order valence-electron chi connectivity index (χ4n) is 4.24. The minimum Gasteiger partial charge on any atom is -0.265 e. The van der Waals surface area contributed by atoms with Gasteiger partial charge in [0, 0.05) is 31.0 Å². The Balaban J connectivity index is 1.82. The molecule has 6 nitrogen and oxygen atoms in total. The Bertz CT molecular complexity index is 877. The Hall–Kier alpha value is -1.80. The number of nitrogens with one attached hydrogen (secondary N) is 2. The van der Waals surface area contributed by atoms with E-state index >= 15 is 0 Å². The zero-order valence-electron chi connectivity index (χ0n) is 15.0. The van der Waals surface area contributed by atoms with Crippen LogP contribution in [-0.4, -0.2) is 41.6 Å². The van der Waals surface area contributed by atoms with Gasteiger partial charge in [0.25, 0.3) is 0 Å². The van der Waals surface area contributed by atoms with Gasteiger partial charge in [-0.3, -0.25) is 15.8 Å². The first-order valence-corrected chi connectivity index (χ1v) is 10.5. The Morgan fingerprint density at radius 1 is 1.04 bits per heavy atom. The van der Waals surface area contributed by atoms with E-state index < -0.39 is 15.3 Å². The third kappa shape index (κ3) is 2.85. The van der Waals surface area contributed by atoms with Crippen molar-refractivity contribution in [3.63, 3.8) is 0 Å². The van der Waals surface area contributed by atoms with Crippen LogP contribution in [0.5, 0.6) is 0 Å². The molecule has 0 saturated carbocycles. The number of hydrogen-bond donors (Lipinski definition) is 2. The minimum atomic E-state index is -3.51. The SMILES string of the molecule is CC1NNC(C)C1S(=O)(=O)N1CCc2ccccc2C1c1ccncc1. The molecular weight excluding hydrogens is 348 g/mol. The highest BCUT2D eigenvalue weighted by Crippen LogP contribution is 2.38. The monoisotopic (exact) mass is 372 g/mol. The molecule has 138 valence electrons. The number of nitrogens with zero attached hydrogens (tertiary/aromatic N) is 2. The topological polar surface area (TPSA) is 74.3 Å². The van der Waals surface area contributed by atoms with Crippen LogP contribution in [0.4, 0.5) is 0 Å². The van der Waals surface area contributed by atoms with Crippen LogP contribution in [0.15, 0.2) is 48.8 Å². The lowest BCUT2D eigenvalue weighted by molar-refractivity contribution is 0.336. The van der Waals surface area contributed by atoms with E-state index in [0.717, 1.165) is 17.5 Å². The first kappa shape index (κ1) is 17.6. The van der Waals surface area contributed by atoms with Gasteiger partial charge in [0.1, 0.15) is 5.25 Å². The molecule has 0 amide bonds. The molecule has 7 heteroatoms. The second kappa shape index (κ2) is 6.74. The summed E-state index contributed by atoms with van der Waals surface area (Å²) in [5.41, 5.74) is 9.37. The van der Waals surface area contributed by atoms with Gasteiger partial charge in [-0.25, -0.2) is 8.42 Å². The molecule has 2 N–H and O–H groups in total. The summed E-state index contributed by atoms with van der Waals surface area (Å²) in [6.07, 6.45) is 4.18. The van der Waals surface area contributed by atoms with E-state index in [4.69, 9.17) is 0 Å². The Kier molecular flexibility index (Phi) is 4.56. The number of sulfonamides is 1. The van der Waals surface area contributed by atoms with E-state index in [-0.39, 0.29) is 18.1 Å². The molecule has 1 aromatic heterocycles. The van der Waals surface area contributed by atoms with Crippen LogP contribution in [0.3, 0.4) is 0 Å². The predicted molar refractivity (Wildman–Crippen MR) is 101 cm³/mol. The molecule has 26 heavy (non-hydrogen) atoms. The van der Waals surface area contributed by atoms with Gasteiger partial charge in [-0.2, -0.15) is 4.31 Å². The highest BCUT2D eigenvalue weighted by molar-refractivity contribution is 7.89. The lowest BCUT2D eigenvalue weighted by Gasteiger charge is -2.39. The summed E-state index contributed by atoms with van der Waals surface area (Å²) in [6.45, 7) is 4.32. The van der Waals surface area contributed by atoms with Gasteiger partial charge in [0.05, 0.1) is 6.04 Å². The van der Waals surface area contributed by atoms with Crippen molar-refractivity contribution < 1.29 is 8.42 Å². The molecule has 0 spiro atoms. The zero-order chi connectivity index (χ0) is 18.3. The molecule has 2 aliphatic rings. The maximum atomic E-state index is 13.6. The standard InChI is InChI=1S/C19H24N4O2S/c1-13-19(14(2)22-21-13)26(24,25)23-12-9-15-5-3-4-6-17(15)18(23)16-7-10-20-11-8-16/h3-8,10-11,13-14,18-19,21-22H,9,12H2,1-2H3. The molecule has 1 aromatic carbocycles. The van der Waals surface area contributed by atoms with Crippen LogP contribution in [0.1, 0.15) is 36.6 Å². The normalized spacial score (nSPS) is 29.5. The summed E-state index contributed by atoms with van der Waals surface area (Å²) in [5, 5.41) is -0.503. The Labute approximate surface area is 154 Å². The molecular formula is C19H24N4O2S. The molecule has 1 fully saturated rings. The second-order valence-corrected chi connectivity index (χ2v) is 9.16. The van der Waals surface area contributed by atoms with Gasteiger partial charge < -0.3 is 0 Å². The predicted octanol–water partition coefficient (Wildman–Crippen LogP) is 1.61. The summed E-state index contributed by atoms with van der Waals surface area (Å²) >= 11 is 0. The smallest absolute Gasteiger partial charge is 0.221 e. The Morgan fingerprint density at radius 2 is 1.69 bits per heavy atom. The van der Waals surface area contributed by atoms with Gasteiger partial charge in [0.2, 0.25) is 10.0 Å². The third-order valence-corrected chi connectivity index (χ3v) is 8.01. The van der Waals surface area contributed by atoms with Crippen LogP contribution >= 0.6 is 0 Å². The molecule has 2 aliphatic heterocycles. The highest BCUT2D eigenvalue weighted by atomic mass is 32.2. The molecule has 0 bridgehead atoms. The van der Waals surface area contributed by atoms with E-state index in [9.17, 15) is 8.42 Å². The number of rotatable bonds is 3. The van der Waals surface area contributed by atoms with Gasteiger partial charge in [-0.05, 0) is 49.1 Å². The molecule has 4 rings (SSSR count). The average molecular weight is 372 g/mol. The maximum Gasteiger partial charge on any atom is 0.221 e. The molecule has 3 unspecified atom stereocenters. The molecule has 1 saturated heterocycles. The molecule has 2 aromatic rings. The van der Waals surface area contributed by atoms with E-state index in [1.165, 1.54) is 5.56 Å². The van der Waals surface area contributed by atoms with Crippen LogP contribution in [0, 0.1) is 0 Å². The first-order valence-electron chi connectivity index (χ1n) is 8.99. The van der Waals surface area contributed by atoms with Crippen LogP contribution in [-0.2, 0) is 16.4 Å². The summed E-state index contributed by atoms with van der Waals surface area (Å²) in [4.78, 5) is 4.10. The van der Waals surface area contributed by atoms with Gasteiger partial charge in [-0.1, -0.05) is 24.3 Å². The van der Waals surface area contributed by atoms with Crippen molar-refractivity contribution in [2.75, 3.05) is 6.54 Å². The van der Waals surface area contributed by atoms with Crippen LogP contribution in [0.2, 0.25) is 0 Å². The quantitative estimate of drug-likeness (QED) is 0.856. The fraction of sp³-hybridized carbons (Fsp3) is 0.421. The fourth-order valence-corrected chi connectivity index (χ4v) is 6.60. The summed E-state index contributed by atoms with van der Waals surface area (Å²) in [7, 11) is -3.51. The maximum absolute atomic E-state index is 13.6. The van der Waals surface area contributed by atoms with Gasteiger partial charge in [0.15, 0.2) is 0 Å². The van der Waals surface area contributed by atoms with E-state index in [2.05, 4.69) is 21.9 Å². The number of hydrogen-bond acceptors (Lipinski definition) is 5. The van der Waals surface area contributed by atoms with Crippen LogP contribution < -0.4 is 10.9 Å². The average Bonchev–Trinajstić information content (AvgIpc) is 3.00.